The van der Waals surface area contributed by atoms with E-state index in [0.717, 1.165) is 11.3 Å². The van der Waals surface area contributed by atoms with E-state index in [0.29, 0.717) is 36.8 Å². The molecule has 2 aromatic rings. The number of carbonyl (C=O) groups is 1. The van der Waals surface area contributed by atoms with Gasteiger partial charge < -0.3 is 29.0 Å². The van der Waals surface area contributed by atoms with Crippen LogP contribution in [0.1, 0.15) is 28.9 Å². The van der Waals surface area contributed by atoms with Gasteiger partial charge >= 0.3 is 0 Å². The van der Waals surface area contributed by atoms with Crippen LogP contribution in [0.3, 0.4) is 0 Å². The third-order valence-electron chi connectivity index (χ3n) is 4.95. The Morgan fingerprint density at radius 3 is 2.48 bits per heavy atom. The molecule has 2 aromatic carbocycles. The molecule has 0 radical (unpaired) electrons. The van der Waals surface area contributed by atoms with Crippen molar-refractivity contribution < 1.29 is 28.8 Å². The van der Waals surface area contributed by atoms with Gasteiger partial charge in [0.05, 0.1) is 40.1 Å². The van der Waals surface area contributed by atoms with Crippen molar-refractivity contribution in [3.63, 3.8) is 0 Å². The average molecular weight is 401 g/mol. The molecule has 1 saturated heterocycles. The van der Waals surface area contributed by atoms with Crippen LogP contribution in [0.25, 0.3) is 0 Å². The molecule has 1 aliphatic rings. The van der Waals surface area contributed by atoms with Crippen molar-refractivity contribution in [2.45, 2.75) is 19.1 Å². The zero-order valence-corrected chi connectivity index (χ0v) is 17.0. The van der Waals surface area contributed by atoms with Crippen molar-refractivity contribution in [2.75, 3.05) is 40.6 Å². The summed E-state index contributed by atoms with van der Waals surface area (Å²) in [6.07, 6.45) is -0.534. The van der Waals surface area contributed by atoms with Gasteiger partial charge in [0.25, 0.3) is 5.91 Å². The Morgan fingerprint density at radius 1 is 1.14 bits per heavy atom. The number of morpholine rings is 1. The fourth-order valence-electron chi connectivity index (χ4n) is 3.57. The molecule has 7 nitrogen and oxygen atoms in total. The summed E-state index contributed by atoms with van der Waals surface area (Å²) >= 11 is 0. The Hall–Kier alpha value is -2.77. The van der Waals surface area contributed by atoms with Crippen LogP contribution in [0.2, 0.25) is 0 Å². The highest BCUT2D eigenvalue weighted by Crippen LogP contribution is 2.36. The SMILES string of the molecule is CCOc1ccc(C(=O)N2CCO[C@H](CO)[C@H]2c2ccc(OC)c(OC)c2)cc1. The molecule has 0 aliphatic carbocycles. The number of benzene rings is 2. The Balaban J connectivity index is 1.94. The number of methoxy groups -OCH3 is 2. The quantitative estimate of drug-likeness (QED) is 0.769. The molecule has 156 valence electrons. The third-order valence-corrected chi connectivity index (χ3v) is 4.95. The molecule has 1 aliphatic heterocycles. The maximum atomic E-state index is 13.3. The molecule has 0 unspecified atom stereocenters. The van der Waals surface area contributed by atoms with Gasteiger partial charge in [-0.15, -0.1) is 0 Å². The first-order valence-electron chi connectivity index (χ1n) is 9.61. The van der Waals surface area contributed by atoms with E-state index < -0.39 is 12.1 Å². The summed E-state index contributed by atoms with van der Waals surface area (Å²) in [4.78, 5) is 15.0. The lowest BCUT2D eigenvalue weighted by Crippen LogP contribution is -2.49. The van der Waals surface area contributed by atoms with Crippen LogP contribution in [-0.2, 0) is 4.74 Å². The normalized spacial score (nSPS) is 19.0. The molecule has 0 saturated carbocycles. The Kier molecular flexibility index (Phi) is 6.95. The van der Waals surface area contributed by atoms with E-state index in [4.69, 9.17) is 18.9 Å². The summed E-state index contributed by atoms with van der Waals surface area (Å²) < 4.78 is 21.9. The van der Waals surface area contributed by atoms with Gasteiger partial charge in [-0.2, -0.15) is 0 Å². The number of rotatable bonds is 7. The van der Waals surface area contributed by atoms with E-state index in [1.165, 1.54) is 0 Å². The molecule has 2 atom stereocenters. The number of nitrogens with zero attached hydrogens (tertiary/aromatic N) is 1. The summed E-state index contributed by atoms with van der Waals surface area (Å²) in [5.41, 5.74) is 1.36. The minimum atomic E-state index is -0.534. The number of ether oxygens (including phenoxy) is 4. The monoisotopic (exact) mass is 401 g/mol. The van der Waals surface area contributed by atoms with Gasteiger partial charge in [-0.05, 0) is 48.9 Å². The number of amides is 1. The maximum absolute atomic E-state index is 13.3. The van der Waals surface area contributed by atoms with E-state index in [-0.39, 0.29) is 12.5 Å². The summed E-state index contributed by atoms with van der Waals surface area (Å²) in [6, 6.07) is 12.1. The molecule has 1 heterocycles. The molecule has 29 heavy (non-hydrogen) atoms. The van der Waals surface area contributed by atoms with Crippen LogP contribution in [0.5, 0.6) is 17.2 Å². The second-order valence-corrected chi connectivity index (χ2v) is 6.61. The van der Waals surface area contributed by atoms with Crippen LogP contribution in [0.4, 0.5) is 0 Å². The third kappa shape index (κ3) is 4.46. The highest BCUT2D eigenvalue weighted by atomic mass is 16.5. The number of hydrogen-bond donors (Lipinski definition) is 1. The molecule has 0 bridgehead atoms. The Morgan fingerprint density at radius 2 is 1.86 bits per heavy atom. The Bertz CT molecular complexity index is 823. The van der Waals surface area contributed by atoms with Crippen molar-refractivity contribution in [3.05, 3.63) is 53.6 Å². The molecular formula is C22H27NO6. The van der Waals surface area contributed by atoms with E-state index in [1.54, 1.807) is 49.5 Å². The highest BCUT2D eigenvalue weighted by Gasteiger charge is 2.37. The zero-order chi connectivity index (χ0) is 20.8. The van der Waals surface area contributed by atoms with E-state index in [1.807, 2.05) is 19.1 Å². The molecular weight excluding hydrogens is 374 g/mol. The first kappa shape index (κ1) is 21.0. The zero-order valence-electron chi connectivity index (χ0n) is 17.0. The number of aliphatic hydroxyl groups is 1. The molecule has 3 rings (SSSR count). The fraction of sp³-hybridized carbons (Fsp3) is 0.409. The highest BCUT2D eigenvalue weighted by molar-refractivity contribution is 5.94. The molecule has 1 fully saturated rings. The first-order chi connectivity index (χ1) is 14.1. The molecule has 0 spiro atoms. The van der Waals surface area contributed by atoms with E-state index >= 15 is 0 Å². The van der Waals surface area contributed by atoms with Crippen LogP contribution < -0.4 is 14.2 Å². The topological polar surface area (TPSA) is 77.5 Å². The lowest BCUT2D eigenvalue weighted by molar-refractivity contribution is -0.0811. The van der Waals surface area contributed by atoms with Gasteiger partial charge in [0.1, 0.15) is 11.9 Å². The van der Waals surface area contributed by atoms with Crippen molar-refractivity contribution in [1.29, 1.82) is 0 Å². The van der Waals surface area contributed by atoms with Gasteiger partial charge in [0.2, 0.25) is 0 Å². The minimum absolute atomic E-state index is 0.130. The summed E-state index contributed by atoms with van der Waals surface area (Å²) in [6.45, 7) is 3.05. The Labute approximate surface area is 170 Å². The first-order valence-corrected chi connectivity index (χ1v) is 9.61. The van der Waals surface area contributed by atoms with Crippen LogP contribution in [0.15, 0.2) is 42.5 Å². The van der Waals surface area contributed by atoms with Gasteiger partial charge in [-0.25, -0.2) is 0 Å². The second kappa shape index (κ2) is 9.62. The van der Waals surface area contributed by atoms with Crippen molar-refractivity contribution in [3.8, 4) is 17.2 Å². The summed E-state index contributed by atoms with van der Waals surface area (Å²) in [7, 11) is 3.13. The molecule has 1 amide bonds. The fourth-order valence-corrected chi connectivity index (χ4v) is 3.57. The van der Waals surface area contributed by atoms with Gasteiger partial charge in [-0.3, -0.25) is 4.79 Å². The lowest BCUT2D eigenvalue weighted by atomic mass is 9.96. The predicted molar refractivity (Wildman–Crippen MR) is 108 cm³/mol. The van der Waals surface area contributed by atoms with Gasteiger partial charge in [-0.1, -0.05) is 6.07 Å². The average Bonchev–Trinajstić information content (AvgIpc) is 2.78. The largest absolute Gasteiger partial charge is 0.494 e. The number of carbonyl (C=O) groups excluding carboxylic acids is 1. The second-order valence-electron chi connectivity index (χ2n) is 6.61. The van der Waals surface area contributed by atoms with Gasteiger partial charge in [0, 0.05) is 12.1 Å². The predicted octanol–water partition coefficient (Wildman–Crippen LogP) is 2.68. The molecule has 1 N–H and O–H groups in total. The smallest absolute Gasteiger partial charge is 0.254 e. The standard InChI is InChI=1S/C22H27NO6/c1-4-28-17-8-5-15(6-9-17)22(25)23-11-12-29-20(14-24)21(23)16-7-10-18(26-2)19(13-16)27-3/h5-10,13,20-21,24H,4,11-12,14H2,1-3H3/t20-,21-/m1/s1. The molecule has 0 aromatic heterocycles. The lowest BCUT2D eigenvalue weighted by Gasteiger charge is -2.41. The van der Waals surface area contributed by atoms with E-state index in [9.17, 15) is 9.90 Å². The molecule has 7 heteroatoms. The van der Waals surface area contributed by atoms with Crippen molar-refractivity contribution in [1.82, 2.24) is 4.90 Å². The van der Waals surface area contributed by atoms with Crippen molar-refractivity contribution >= 4 is 5.91 Å². The van der Waals surface area contributed by atoms with Crippen LogP contribution >= 0.6 is 0 Å². The maximum Gasteiger partial charge on any atom is 0.254 e. The van der Waals surface area contributed by atoms with Crippen molar-refractivity contribution in [2.24, 2.45) is 0 Å². The number of aliphatic hydroxyl groups excluding tert-OH is 1. The minimum Gasteiger partial charge on any atom is -0.494 e. The van der Waals surface area contributed by atoms with E-state index in [2.05, 4.69) is 0 Å². The van der Waals surface area contributed by atoms with Gasteiger partial charge in [0.15, 0.2) is 11.5 Å². The summed E-state index contributed by atoms with van der Waals surface area (Å²) in [5, 5.41) is 9.88. The van der Waals surface area contributed by atoms with Crippen LogP contribution in [-0.4, -0.2) is 62.6 Å². The number of hydrogen-bond acceptors (Lipinski definition) is 6. The van der Waals surface area contributed by atoms with Crippen LogP contribution in [0, 0.1) is 0 Å². The summed E-state index contributed by atoms with van der Waals surface area (Å²) in [5.74, 6) is 1.74.